The summed E-state index contributed by atoms with van der Waals surface area (Å²) in [4.78, 5) is 24.6. The highest BCUT2D eigenvalue weighted by atomic mass is 32.2. The maximum atomic E-state index is 12.5. The Kier molecular flexibility index (Phi) is 6.45. The number of rotatable bonds is 8. The van der Waals surface area contributed by atoms with Gasteiger partial charge in [0.1, 0.15) is 11.8 Å². The zero-order valence-corrected chi connectivity index (χ0v) is 16.3. The van der Waals surface area contributed by atoms with Crippen molar-refractivity contribution in [2.45, 2.75) is 23.9 Å². The summed E-state index contributed by atoms with van der Waals surface area (Å²) in [6, 6.07) is 2.20. The average molecular weight is 410 g/mol. The maximum absolute atomic E-state index is 12.5. The highest BCUT2D eigenvalue weighted by molar-refractivity contribution is 7.99. The van der Waals surface area contributed by atoms with Crippen molar-refractivity contribution in [1.29, 1.82) is 0 Å². The second-order valence-electron chi connectivity index (χ2n) is 5.34. The summed E-state index contributed by atoms with van der Waals surface area (Å²) in [6.07, 6.45) is 3.42. The largest absolute Gasteiger partial charge is 0.467 e. The SMILES string of the molecule is CCOC(=O)C1=C(CSc2nnc(CSC)o2)NC(=O)NC1c1ccco1. The molecule has 2 amide bonds. The van der Waals surface area contributed by atoms with Crippen molar-refractivity contribution in [2.75, 3.05) is 18.6 Å². The van der Waals surface area contributed by atoms with Gasteiger partial charge in [-0.25, -0.2) is 9.59 Å². The van der Waals surface area contributed by atoms with Gasteiger partial charge in [-0.1, -0.05) is 11.8 Å². The van der Waals surface area contributed by atoms with Crippen LogP contribution in [0.5, 0.6) is 0 Å². The van der Waals surface area contributed by atoms with E-state index in [1.54, 1.807) is 30.8 Å². The van der Waals surface area contributed by atoms with Gasteiger partial charge in [0.15, 0.2) is 0 Å². The summed E-state index contributed by atoms with van der Waals surface area (Å²) in [5.41, 5.74) is 0.691. The number of amides is 2. The topological polar surface area (TPSA) is 119 Å². The van der Waals surface area contributed by atoms with E-state index in [2.05, 4.69) is 20.8 Å². The summed E-state index contributed by atoms with van der Waals surface area (Å²) in [5.74, 6) is 1.30. The first-order valence-corrected chi connectivity index (χ1v) is 10.5. The number of furan rings is 1. The van der Waals surface area contributed by atoms with E-state index in [1.807, 2.05) is 6.26 Å². The molecule has 1 aliphatic rings. The summed E-state index contributed by atoms with van der Waals surface area (Å²) >= 11 is 2.80. The van der Waals surface area contributed by atoms with Crippen LogP contribution < -0.4 is 10.6 Å². The van der Waals surface area contributed by atoms with Crippen molar-refractivity contribution in [2.24, 2.45) is 0 Å². The predicted octanol–water partition coefficient (Wildman–Crippen LogP) is 2.49. The van der Waals surface area contributed by atoms with Crippen molar-refractivity contribution in [3.63, 3.8) is 0 Å². The third-order valence-electron chi connectivity index (χ3n) is 3.53. The van der Waals surface area contributed by atoms with Crippen LogP contribution in [0.1, 0.15) is 24.6 Å². The molecule has 0 aliphatic carbocycles. The van der Waals surface area contributed by atoms with Crippen LogP contribution >= 0.6 is 23.5 Å². The van der Waals surface area contributed by atoms with Crippen LogP contribution in [0.15, 0.2) is 43.7 Å². The Bertz CT molecular complexity index is 834. The van der Waals surface area contributed by atoms with Gasteiger partial charge in [0.25, 0.3) is 5.22 Å². The fourth-order valence-electron chi connectivity index (χ4n) is 2.46. The van der Waals surface area contributed by atoms with Gasteiger partial charge < -0.3 is 24.2 Å². The molecule has 1 aliphatic heterocycles. The molecular weight excluding hydrogens is 392 g/mol. The number of hydrogen-bond donors (Lipinski definition) is 2. The van der Waals surface area contributed by atoms with Crippen molar-refractivity contribution in [3.8, 4) is 0 Å². The molecule has 2 N–H and O–H groups in total. The smallest absolute Gasteiger partial charge is 0.338 e. The molecule has 0 fully saturated rings. The highest BCUT2D eigenvalue weighted by Crippen LogP contribution is 2.30. The lowest BCUT2D eigenvalue weighted by molar-refractivity contribution is -0.139. The van der Waals surface area contributed by atoms with Crippen LogP contribution in [0.25, 0.3) is 0 Å². The van der Waals surface area contributed by atoms with Crippen LogP contribution in [-0.2, 0) is 15.3 Å². The van der Waals surface area contributed by atoms with Crippen LogP contribution in [0.3, 0.4) is 0 Å². The lowest BCUT2D eigenvalue weighted by atomic mass is 10.0. The first-order valence-electron chi connectivity index (χ1n) is 8.07. The fraction of sp³-hybridized carbons (Fsp3) is 0.375. The zero-order chi connectivity index (χ0) is 19.2. The minimum absolute atomic E-state index is 0.212. The third kappa shape index (κ3) is 4.66. The number of ether oxygens (including phenoxy) is 1. The number of nitrogens with one attached hydrogen (secondary N) is 2. The summed E-state index contributed by atoms with van der Waals surface area (Å²) < 4.78 is 16.1. The number of urea groups is 1. The first-order chi connectivity index (χ1) is 13.1. The number of esters is 1. The molecule has 0 radical (unpaired) electrons. The number of nitrogens with zero attached hydrogens (tertiary/aromatic N) is 2. The molecule has 144 valence electrons. The quantitative estimate of drug-likeness (QED) is 0.499. The zero-order valence-electron chi connectivity index (χ0n) is 14.7. The third-order valence-corrected chi connectivity index (χ3v) is 4.91. The van der Waals surface area contributed by atoms with E-state index in [9.17, 15) is 9.59 Å². The molecule has 0 saturated heterocycles. The average Bonchev–Trinajstić information content (AvgIpc) is 3.32. The number of carbonyl (C=O) groups excluding carboxylic acids is 2. The van der Waals surface area contributed by atoms with Gasteiger partial charge in [-0.3, -0.25) is 0 Å². The molecule has 0 saturated carbocycles. The maximum Gasteiger partial charge on any atom is 0.338 e. The molecular formula is C16H18N4O5S2. The Morgan fingerprint density at radius 1 is 1.37 bits per heavy atom. The van der Waals surface area contributed by atoms with Crippen molar-refractivity contribution >= 4 is 35.5 Å². The van der Waals surface area contributed by atoms with Crippen molar-refractivity contribution < 1.29 is 23.2 Å². The minimum atomic E-state index is -0.738. The molecule has 1 atom stereocenters. The fourth-order valence-corrected chi connectivity index (χ4v) is 3.58. The van der Waals surface area contributed by atoms with E-state index in [1.165, 1.54) is 18.0 Å². The Hall–Kier alpha value is -2.40. The van der Waals surface area contributed by atoms with Gasteiger partial charge in [0, 0.05) is 11.4 Å². The van der Waals surface area contributed by atoms with Crippen LogP contribution in [-0.4, -0.2) is 40.8 Å². The molecule has 2 aromatic rings. The second kappa shape index (κ2) is 9.00. The molecule has 3 heterocycles. The molecule has 11 heteroatoms. The predicted molar refractivity (Wildman–Crippen MR) is 99.0 cm³/mol. The Morgan fingerprint density at radius 2 is 2.22 bits per heavy atom. The monoisotopic (exact) mass is 410 g/mol. The van der Waals surface area contributed by atoms with Gasteiger partial charge in [-0.2, -0.15) is 11.8 Å². The molecule has 9 nitrogen and oxygen atoms in total. The molecule has 2 aromatic heterocycles. The summed E-state index contributed by atoms with van der Waals surface area (Å²) in [6.45, 7) is 1.93. The van der Waals surface area contributed by atoms with E-state index in [4.69, 9.17) is 13.6 Å². The first kappa shape index (κ1) is 19.4. The van der Waals surface area contributed by atoms with Crippen LogP contribution in [0, 0.1) is 0 Å². The van der Waals surface area contributed by atoms with Crippen molar-refractivity contribution in [1.82, 2.24) is 20.8 Å². The van der Waals surface area contributed by atoms with E-state index in [0.717, 1.165) is 0 Å². The summed E-state index contributed by atoms with van der Waals surface area (Å²) in [7, 11) is 0. The molecule has 0 aromatic carbocycles. The van der Waals surface area contributed by atoms with Gasteiger partial charge in [0.05, 0.1) is 24.2 Å². The van der Waals surface area contributed by atoms with E-state index >= 15 is 0 Å². The van der Waals surface area contributed by atoms with Crippen LogP contribution in [0.2, 0.25) is 0 Å². The van der Waals surface area contributed by atoms with Gasteiger partial charge in [-0.15, -0.1) is 10.2 Å². The lowest BCUT2D eigenvalue weighted by Gasteiger charge is -2.27. The lowest BCUT2D eigenvalue weighted by Crippen LogP contribution is -2.46. The number of aromatic nitrogens is 2. The van der Waals surface area contributed by atoms with Crippen LogP contribution in [0.4, 0.5) is 4.79 Å². The highest BCUT2D eigenvalue weighted by Gasteiger charge is 2.35. The van der Waals surface area contributed by atoms with Crippen molar-refractivity contribution in [3.05, 3.63) is 41.3 Å². The molecule has 3 rings (SSSR count). The minimum Gasteiger partial charge on any atom is -0.467 e. The standard InChI is InChI=1S/C16H18N4O5S2/c1-3-23-14(21)12-9(7-27-16-20-19-11(25-16)8-26-2)17-15(22)18-13(12)10-5-4-6-24-10/h4-6,13H,3,7-8H2,1-2H3,(H2,17,18,22). The molecule has 1 unspecified atom stereocenters. The van der Waals surface area contributed by atoms with E-state index in [0.29, 0.717) is 28.3 Å². The molecule has 0 bridgehead atoms. The van der Waals surface area contributed by atoms with E-state index in [-0.39, 0.29) is 17.9 Å². The van der Waals surface area contributed by atoms with Gasteiger partial charge in [-0.05, 0) is 25.3 Å². The van der Waals surface area contributed by atoms with Gasteiger partial charge >= 0.3 is 12.0 Å². The Morgan fingerprint density at radius 3 is 2.93 bits per heavy atom. The number of carbonyl (C=O) groups is 2. The number of thioether (sulfide) groups is 2. The Labute approximate surface area is 163 Å². The number of hydrogen-bond acceptors (Lipinski definition) is 9. The summed E-state index contributed by atoms with van der Waals surface area (Å²) in [5, 5.41) is 13.6. The second-order valence-corrected chi connectivity index (χ2v) is 7.14. The van der Waals surface area contributed by atoms with Gasteiger partial charge in [0.2, 0.25) is 5.89 Å². The Balaban J connectivity index is 1.86. The normalized spacial score (nSPS) is 16.8. The molecule has 0 spiro atoms. The van der Waals surface area contributed by atoms with E-state index < -0.39 is 18.0 Å². The molecule has 27 heavy (non-hydrogen) atoms.